The fraction of sp³-hybridized carbons (Fsp3) is 0.227. The number of nitrogens with zero attached hydrogens (tertiary/aromatic N) is 2. The van der Waals surface area contributed by atoms with Crippen LogP contribution in [0.3, 0.4) is 0 Å². The first kappa shape index (κ1) is 19.5. The minimum atomic E-state index is -0.240. The van der Waals surface area contributed by atoms with E-state index in [0.29, 0.717) is 38.3 Å². The topological polar surface area (TPSA) is 96.7 Å². The molecule has 30 heavy (non-hydrogen) atoms. The maximum atomic E-state index is 12.7. The van der Waals surface area contributed by atoms with E-state index in [2.05, 4.69) is 21.9 Å². The predicted octanol–water partition coefficient (Wildman–Crippen LogP) is 3.19. The molecule has 3 aromatic rings. The van der Waals surface area contributed by atoms with Crippen LogP contribution in [0.4, 0.5) is 10.6 Å². The quantitative estimate of drug-likeness (QED) is 0.613. The molecule has 0 unspecified atom stereocenters. The molecule has 2 heterocycles. The molecular formula is C22H22N4O4. The molecule has 0 bridgehead atoms. The molecule has 2 N–H and O–H groups in total. The number of hydrogen-bond donors (Lipinski definition) is 2. The van der Waals surface area contributed by atoms with Gasteiger partial charge < -0.3 is 19.5 Å². The number of fused-ring (bicyclic) bond motifs is 1. The van der Waals surface area contributed by atoms with Crippen molar-refractivity contribution in [2.45, 2.75) is 19.5 Å². The molecule has 154 valence electrons. The van der Waals surface area contributed by atoms with Crippen LogP contribution in [0.1, 0.15) is 16.7 Å². The Labute approximate surface area is 173 Å². The molecule has 8 heteroatoms. The van der Waals surface area contributed by atoms with E-state index in [-0.39, 0.29) is 6.03 Å². The summed E-state index contributed by atoms with van der Waals surface area (Å²) in [7, 11) is 1.65. The minimum Gasteiger partial charge on any atom is -0.497 e. The number of hydrogen-bond acceptors (Lipinski definition) is 5. The van der Waals surface area contributed by atoms with Crippen molar-refractivity contribution in [1.29, 1.82) is 0 Å². The Morgan fingerprint density at radius 1 is 1.27 bits per heavy atom. The van der Waals surface area contributed by atoms with Gasteiger partial charge in [0, 0.05) is 25.7 Å². The maximum absolute atomic E-state index is 12.7. The van der Waals surface area contributed by atoms with Crippen molar-refractivity contribution in [3.63, 3.8) is 0 Å². The number of methoxy groups -OCH3 is 1. The number of carbonyl (C=O) groups is 2. The van der Waals surface area contributed by atoms with E-state index in [4.69, 9.17) is 9.26 Å². The van der Waals surface area contributed by atoms with Gasteiger partial charge in [-0.2, -0.15) is 0 Å². The lowest BCUT2D eigenvalue weighted by Crippen LogP contribution is -2.39. The average Bonchev–Trinajstić information content (AvgIpc) is 3.30. The summed E-state index contributed by atoms with van der Waals surface area (Å²) in [5, 5.41) is 9.20. The molecule has 1 aliphatic heterocycles. The Morgan fingerprint density at radius 3 is 2.93 bits per heavy atom. The van der Waals surface area contributed by atoms with E-state index in [1.807, 2.05) is 30.3 Å². The number of benzene rings is 2. The maximum Gasteiger partial charge on any atom is 0.323 e. The van der Waals surface area contributed by atoms with Gasteiger partial charge in [-0.05, 0) is 46.4 Å². The molecule has 0 spiro atoms. The van der Waals surface area contributed by atoms with Crippen molar-refractivity contribution < 1.29 is 18.8 Å². The van der Waals surface area contributed by atoms with Gasteiger partial charge >= 0.3 is 6.03 Å². The van der Waals surface area contributed by atoms with Crippen LogP contribution in [-0.2, 0) is 24.3 Å². The fourth-order valence-electron chi connectivity index (χ4n) is 3.76. The van der Waals surface area contributed by atoms with Crippen molar-refractivity contribution in [3.05, 3.63) is 65.4 Å². The molecule has 0 atom stereocenters. The third-order valence-electron chi connectivity index (χ3n) is 5.23. The molecule has 8 nitrogen and oxygen atoms in total. The lowest BCUT2D eigenvalue weighted by molar-refractivity contribution is -0.109. The molecule has 0 fully saturated rings. The first-order valence-electron chi connectivity index (χ1n) is 9.61. The Balaban J connectivity index is 1.67. The van der Waals surface area contributed by atoms with E-state index in [0.717, 1.165) is 28.0 Å². The smallest absolute Gasteiger partial charge is 0.323 e. The second-order valence-electron chi connectivity index (χ2n) is 6.95. The van der Waals surface area contributed by atoms with E-state index >= 15 is 0 Å². The number of rotatable bonds is 6. The lowest BCUT2D eigenvalue weighted by atomic mass is 9.87. The van der Waals surface area contributed by atoms with Crippen molar-refractivity contribution >= 4 is 18.3 Å². The second kappa shape index (κ2) is 8.69. The molecule has 3 amide bonds. The molecule has 2 aromatic carbocycles. The van der Waals surface area contributed by atoms with Crippen LogP contribution in [0.25, 0.3) is 11.1 Å². The van der Waals surface area contributed by atoms with Gasteiger partial charge in [0.25, 0.3) is 0 Å². The highest BCUT2D eigenvalue weighted by Crippen LogP contribution is 2.34. The Morgan fingerprint density at radius 2 is 2.17 bits per heavy atom. The summed E-state index contributed by atoms with van der Waals surface area (Å²) in [5.41, 5.74) is 5.38. The zero-order valence-corrected chi connectivity index (χ0v) is 16.6. The van der Waals surface area contributed by atoms with Crippen LogP contribution < -0.4 is 15.4 Å². The van der Waals surface area contributed by atoms with Gasteiger partial charge in [0.2, 0.25) is 6.41 Å². The zero-order chi connectivity index (χ0) is 20.9. The molecule has 0 saturated heterocycles. The van der Waals surface area contributed by atoms with Crippen molar-refractivity contribution in [3.8, 4) is 16.9 Å². The first-order valence-corrected chi connectivity index (χ1v) is 9.61. The summed E-state index contributed by atoms with van der Waals surface area (Å²) in [5.74, 6) is 1.16. The molecule has 1 aromatic heterocycles. The monoisotopic (exact) mass is 406 g/mol. The number of nitrogens with one attached hydrogen (secondary N) is 2. The second-order valence-corrected chi connectivity index (χ2v) is 6.95. The number of ether oxygens (including phenoxy) is 1. The predicted molar refractivity (Wildman–Crippen MR) is 111 cm³/mol. The van der Waals surface area contributed by atoms with Crippen molar-refractivity contribution in [2.24, 2.45) is 0 Å². The standard InChI is InChI=1S/C22H22N4O4/c1-29-17-4-2-3-15(11-17)18-6-5-16(12-23-14-27)20-13-26(9-7-19(18)20)22(28)24-21-8-10-30-25-21/h2-6,8,10-11,14H,7,9,12-13H2,1H3,(H,23,27)(H,24,25,28). The molecule has 0 aliphatic carbocycles. The van der Waals surface area contributed by atoms with Gasteiger partial charge in [0.15, 0.2) is 5.82 Å². The van der Waals surface area contributed by atoms with Crippen LogP contribution in [0.2, 0.25) is 0 Å². The summed E-state index contributed by atoms with van der Waals surface area (Å²) in [6.45, 7) is 1.41. The van der Waals surface area contributed by atoms with Crippen LogP contribution in [0, 0.1) is 0 Å². The summed E-state index contributed by atoms with van der Waals surface area (Å²) in [4.78, 5) is 25.3. The summed E-state index contributed by atoms with van der Waals surface area (Å²) < 4.78 is 10.1. The van der Waals surface area contributed by atoms with Gasteiger partial charge in [0.1, 0.15) is 12.0 Å². The normalized spacial score (nSPS) is 12.8. The van der Waals surface area contributed by atoms with Crippen LogP contribution in [-0.4, -0.2) is 36.2 Å². The summed E-state index contributed by atoms with van der Waals surface area (Å²) in [6.07, 6.45) is 2.79. The highest BCUT2D eigenvalue weighted by molar-refractivity contribution is 5.88. The van der Waals surface area contributed by atoms with Gasteiger partial charge in [-0.3, -0.25) is 10.1 Å². The van der Waals surface area contributed by atoms with Gasteiger partial charge in [-0.15, -0.1) is 0 Å². The SMILES string of the molecule is COc1cccc(-c2ccc(CNC=O)c3c2CCN(C(=O)Nc2ccon2)C3)c1. The number of anilines is 1. The Bertz CT molecular complexity index is 1050. The number of amides is 3. The van der Waals surface area contributed by atoms with E-state index < -0.39 is 0 Å². The highest BCUT2D eigenvalue weighted by atomic mass is 16.5. The van der Waals surface area contributed by atoms with Crippen molar-refractivity contribution in [1.82, 2.24) is 15.4 Å². The van der Waals surface area contributed by atoms with Gasteiger partial charge in [0.05, 0.1) is 7.11 Å². The van der Waals surface area contributed by atoms with Crippen LogP contribution >= 0.6 is 0 Å². The average molecular weight is 406 g/mol. The number of aromatic nitrogens is 1. The largest absolute Gasteiger partial charge is 0.497 e. The molecule has 0 radical (unpaired) electrons. The molecular weight excluding hydrogens is 384 g/mol. The summed E-state index contributed by atoms with van der Waals surface area (Å²) in [6, 6.07) is 13.3. The van der Waals surface area contributed by atoms with Gasteiger partial charge in [-0.25, -0.2) is 4.79 Å². The summed E-state index contributed by atoms with van der Waals surface area (Å²) >= 11 is 0. The van der Waals surface area contributed by atoms with E-state index in [1.165, 1.54) is 11.8 Å². The minimum absolute atomic E-state index is 0.240. The van der Waals surface area contributed by atoms with Crippen LogP contribution in [0.15, 0.2) is 53.3 Å². The fourth-order valence-corrected chi connectivity index (χ4v) is 3.76. The number of carbonyl (C=O) groups excluding carboxylic acids is 2. The zero-order valence-electron chi connectivity index (χ0n) is 16.6. The molecule has 4 rings (SSSR count). The highest BCUT2D eigenvalue weighted by Gasteiger charge is 2.25. The van der Waals surface area contributed by atoms with E-state index in [1.54, 1.807) is 18.1 Å². The first-order chi connectivity index (χ1) is 14.7. The Kier molecular flexibility index (Phi) is 5.65. The van der Waals surface area contributed by atoms with E-state index in [9.17, 15) is 9.59 Å². The number of urea groups is 1. The van der Waals surface area contributed by atoms with Crippen molar-refractivity contribution in [2.75, 3.05) is 19.0 Å². The van der Waals surface area contributed by atoms with Crippen LogP contribution in [0.5, 0.6) is 5.75 Å². The Hall–Kier alpha value is -3.81. The molecule has 1 aliphatic rings. The van der Waals surface area contributed by atoms with Gasteiger partial charge in [-0.1, -0.05) is 29.4 Å². The lowest BCUT2D eigenvalue weighted by Gasteiger charge is -2.32. The molecule has 0 saturated carbocycles. The third-order valence-corrected chi connectivity index (χ3v) is 5.23. The third kappa shape index (κ3) is 3.98.